The third kappa shape index (κ3) is 39.2. The smallest absolute Gasteiger partial charge is 0.306 e. The average molecular weight is 766 g/mol. The molecule has 10 heteroatoms. The van der Waals surface area contributed by atoms with Gasteiger partial charge >= 0.3 is 11.9 Å². The maximum atomic E-state index is 12.6. The van der Waals surface area contributed by atoms with Crippen LogP contribution in [0.3, 0.4) is 0 Å². The molecule has 0 amide bonds. The molecular weight excluding hydrogens is 689 g/mol. The number of ether oxygens (including phenoxy) is 2. The fourth-order valence-electron chi connectivity index (χ4n) is 5.05. The first-order valence-corrected chi connectivity index (χ1v) is 22.0. The highest BCUT2D eigenvalue weighted by atomic mass is 31.2. The van der Waals surface area contributed by atoms with E-state index in [2.05, 4.69) is 74.6 Å². The molecule has 0 aromatic heterocycles. The minimum absolute atomic E-state index is 0.0416. The van der Waals surface area contributed by atoms with Gasteiger partial charge in [-0.15, -0.1) is 0 Å². The highest BCUT2D eigenvalue weighted by Crippen LogP contribution is 2.38. The Kier molecular flexibility index (Phi) is 33.9. The Morgan fingerprint density at radius 3 is 1.66 bits per heavy atom. The number of phosphoric acid groups is 1. The molecule has 9 nitrogen and oxygen atoms in total. The first kappa shape index (κ1) is 50.7. The van der Waals surface area contributed by atoms with Crippen molar-refractivity contribution in [1.29, 1.82) is 0 Å². The van der Waals surface area contributed by atoms with E-state index in [4.69, 9.17) is 18.5 Å². The van der Waals surface area contributed by atoms with Gasteiger partial charge in [0, 0.05) is 12.8 Å². The number of carbonyl (C=O) groups is 2. The van der Waals surface area contributed by atoms with Gasteiger partial charge in [-0.3, -0.25) is 14.2 Å². The SMILES string of the molecule is CC/C=C/C/C=C/C/C=C/C/C=C/CCCCC(=O)OC[C@H](COP(=O)([O-])OCC[N+](C)(C)C)OC(=O)CCCCCCC/C=C/CCCCCCC. The molecule has 0 rings (SSSR count). The molecule has 0 aromatic rings. The molecule has 0 aliphatic carbocycles. The van der Waals surface area contributed by atoms with Crippen molar-refractivity contribution >= 4 is 19.8 Å². The minimum atomic E-state index is -4.63. The number of carbonyl (C=O) groups excluding carboxylic acids is 2. The normalized spacial score (nSPS) is 14.3. The predicted octanol–water partition coefficient (Wildman–Crippen LogP) is 10.7. The number of phosphoric ester groups is 1. The monoisotopic (exact) mass is 766 g/mol. The molecule has 1 unspecified atom stereocenters. The van der Waals surface area contributed by atoms with Crippen LogP contribution in [0.1, 0.15) is 149 Å². The summed E-state index contributed by atoms with van der Waals surface area (Å²) in [5.74, 6) is -0.899. The van der Waals surface area contributed by atoms with E-state index in [9.17, 15) is 19.0 Å². The number of likely N-dealkylation sites (N-methyl/N-ethyl adjacent to an activating group) is 1. The number of hydrogen-bond donors (Lipinski definition) is 0. The predicted molar refractivity (Wildman–Crippen MR) is 217 cm³/mol. The van der Waals surface area contributed by atoms with Gasteiger partial charge in [-0.2, -0.15) is 0 Å². The van der Waals surface area contributed by atoms with Gasteiger partial charge < -0.3 is 27.9 Å². The van der Waals surface area contributed by atoms with Crippen LogP contribution in [0.15, 0.2) is 60.8 Å². The van der Waals surface area contributed by atoms with Gasteiger partial charge in [0.1, 0.15) is 19.8 Å². The van der Waals surface area contributed by atoms with E-state index in [0.29, 0.717) is 23.9 Å². The van der Waals surface area contributed by atoms with Crippen LogP contribution in [0, 0.1) is 0 Å². The third-order valence-corrected chi connectivity index (χ3v) is 9.24. The third-order valence-electron chi connectivity index (χ3n) is 8.27. The summed E-state index contributed by atoms with van der Waals surface area (Å²) in [6.07, 6.45) is 41.1. The quantitative estimate of drug-likeness (QED) is 0.0204. The Morgan fingerprint density at radius 1 is 0.604 bits per heavy atom. The van der Waals surface area contributed by atoms with Crippen LogP contribution in [-0.4, -0.2) is 70.0 Å². The molecule has 0 radical (unpaired) electrons. The number of rotatable bonds is 36. The second-order valence-electron chi connectivity index (χ2n) is 14.6. The largest absolute Gasteiger partial charge is 0.756 e. The first-order chi connectivity index (χ1) is 25.5. The Hall–Kier alpha value is -2.29. The van der Waals surface area contributed by atoms with Gasteiger partial charge in [-0.1, -0.05) is 120 Å². The van der Waals surface area contributed by atoms with Gasteiger partial charge in [-0.05, 0) is 77.0 Å². The summed E-state index contributed by atoms with van der Waals surface area (Å²) in [5.41, 5.74) is 0. The van der Waals surface area contributed by atoms with E-state index in [1.54, 1.807) is 0 Å². The molecule has 306 valence electrons. The molecular formula is C43H76NO8P. The first-order valence-electron chi connectivity index (χ1n) is 20.5. The van der Waals surface area contributed by atoms with Crippen LogP contribution in [0.4, 0.5) is 0 Å². The van der Waals surface area contributed by atoms with E-state index < -0.39 is 32.5 Å². The Bertz CT molecular complexity index is 1090. The van der Waals surface area contributed by atoms with Crippen LogP contribution in [-0.2, 0) is 32.7 Å². The number of hydrogen-bond acceptors (Lipinski definition) is 8. The molecule has 0 saturated carbocycles. The van der Waals surface area contributed by atoms with E-state index >= 15 is 0 Å². The number of allylic oxidation sites excluding steroid dienone is 10. The van der Waals surface area contributed by atoms with Crippen LogP contribution in [0.5, 0.6) is 0 Å². The summed E-state index contributed by atoms with van der Waals surface area (Å²) in [6, 6.07) is 0. The lowest BCUT2D eigenvalue weighted by molar-refractivity contribution is -0.870. The standard InChI is InChI=1S/C43H76NO8P/c1-6-8-10-12-14-16-18-20-22-24-25-27-29-31-33-35-42(45)49-39-41(40-51-53(47,48)50-38-37-44(3,4)5)52-43(46)36-34-32-30-28-26-23-21-19-17-15-13-11-9-7-2/h8,10,14,16,19-22,25,27,41H,6-7,9,11-13,15,17-18,23-24,26,28-40H2,1-5H3/b10-8+,16-14+,21-19+,22-20+,27-25+/t41-/m1/s1. The maximum absolute atomic E-state index is 12.6. The van der Waals surface area contributed by atoms with Crippen molar-refractivity contribution in [3.05, 3.63) is 60.8 Å². The number of esters is 2. The van der Waals surface area contributed by atoms with Crippen molar-refractivity contribution in [2.24, 2.45) is 0 Å². The highest BCUT2D eigenvalue weighted by Gasteiger charge is 2.21. The molecule has 0 heterocycles. The van der Waals surface area contributed by atoms with Gasteiger partial charge in [-0.25, -0.2) is 0 Å². The second kappa shape index (κ2) is 35.4. The molecule has 0 spiro atoms. The molecule has 0 aliphatic rings. The van der Waals surface area contributed by atoms with E-state index in [0.717, 1.165) is 70.6 Å². The van der Waals surface area contributed by atoms with Crippen LogP contribution < -0.4 is 4.89 Å². The summed E-state index contributed by atoms with van der Waals surface area (Å²) in [4.78, 5) is 37.4. The molecule has 0 saturated heterocycles. The zero-order valence-corrected chi connectivity index (χ0v) is 35.1. The molecule has 0 aromatic carbocycles. The van der Waals surface area contributed by atoms with Crippen LogP contribution in [0.2, 0.25) is 0 Å². The van der Waals surface area contributed by atoms with E-state index in [1.807, 2.05) is 21.1 Å². The van der Waals surface area contributed by atoms with Crippen molar-refractivity contribution in [2.45, 2.75) is 155 Å². The van der Waals surface area contributed by atoms with Gasteiger partial charge in [0.2, 0.25) is 0 Å². The van der Waals surface area contributed by atoms with Gasteiger partial charge in [0.15, 0.2) is 6.10 Å². The fraction of sp³-hybridized carbons (Fsp3) is 0.721. The summed E-state index contributed by atoms with van der Waals surface area (Å²) in [6.45, 7) is 4.02. The number of nitrogens with zero attached hydrogens (tertiary/aromatic N) is 1. The lowest BCUT2D eigenvalue weighted by atomic mass is 10.1. The lowest BCUT2D eigenvalue weighted by Crippen LogP contribution is -2.37. The maximum Gasteiger partial charge on any atom is 0.306 e. The van der Waals surface area contributed by atoms with Crippen molar-refractivity contribution in [3.8, 4) is 0 Å². The topological polar surface area (TPSA) is 111 Å². The highest BCUT2D eigenvalue weighted by molar-refractivity contribution is 7.45. The lowest BCUT2D eigenvalue weighted by Gasteiger charge is -2.28. The Labute approximate surface area is 324 Å². The molecule has 0 N–H and O–H groups in total. The summed E-state index contributed by atoms with van der Waals surface area (Å²) >= 11 is 0. The minimum Gasteiger partial charge on any atom is -0.756 e. The average Bonchev–Trinajstić information content (AvgIpc) is 3.10. The Morgan fingerprint density at radius 2 is 1.08 bits per heavy atom. The molecule has 0 aliphatic heterocycles. The van der Waals surface area contributed by atoms with Crippen molar-refractivity contribution in [3.63, 3.8) is 0 Å². The fourth-order valence-corrected chi connectivity index (χ4v) is 5.78. The van der Waals surface area contributed by atoms with E-state index in [-0.39, 0.29) is 26.1 Å². The zero-order chi connectivity index (χ0) is 39.3. The summed E-state index contributed by atoms with van der Waals surface area (Å²) in [7, 11) is 1.13. The number of quaternary nitrogens is 1. The molecule has 2 atom stereocenters. The number of unbranched alkanes of at least 4 members (excludes halogenated alkanes) is 12. The van der Waals surface area contributed by atoms with Crippen LogP contribution in [0.25, 0.3) is 0 Å². The zero-order valence-electron chi connectivity index (χ0n) is 34.2. The van der Waals surface area contributed by atoms with Gasteiger partial charge in [0.25, 0.3) is 7.82 Å². The molecule has 0 bridgehead atoms. The molecule has 0 fully saturated rings. The summed E-state index contributed by atoms with van der Waals surface area (Å²) < 4.78 is 33.8. The van der Waals surface area contributed by atoms with Crippen molar-refractivity contribution < 1.29 is 42.1 Å². The second-order valence-corrected chi connectivity index (χ2v) is 16.0. The Balaban J connectivity index is 4.50. The van der Waals surface area contributed by atoms with Crippen molar-refractivity contribution in [2.75, 3.05) is 47.5 Å². The summed E-state index contributed by atoms with van der Waals surface area (Å²) in [5, 5.41) is 0. The van der Waals surface area contributed by atoms with Gasteiger partial charge in [0.05, 0.1) is 27.7 Å². The van der Waals surface area contributed by atoms with E-state index in [1.165, 1.54) is 38.5 Å². The van der Waals surface area contributed by atoms with Crippen molar-refractivity contribution in [1.82, 2.24) is 0 Å². The molecule has 53 heavy (non-hydrogen) atoms. The van der Waals surface area contributed by atoms with Crippen LogP contribution >= 0.6 is 7.82 Å².